The molecule has 16 heavy (non-hydrogen) atoms. The van der Waals surface area contributed by atoms with E-state index in [2.05, 4.69) is 15.0 Å². The maximum atomic E-state index is 10.8. The van der Waals surface area contributed by atoms with Crippen LogP contribution in [0.3, 0.4) is 0 Å². The number of carboxylic acids is 1. The zero-order valence-corrected chi connectivity index (χ0v) is 8.97. The lowest BCUT2D eigenvalue weighted by Crippen LogP contribution is -2.40. The minimum atomic E-state index is -1.13. The van der Waals surface area contributed by atoms with E-state index in [-0.39, 0.29) is 12.4 Å². The number of amides is 1. The van der Waals surface area contributed by atoms with E-state index in [9.17, 15) is 9.59 Å². The number of rotatable bonds is 6. The van der Waals surface area contributed by atoms with Gasteiger partial charge in [0, 0.05) is 6.54 Å². The lowest BCUT2D eigenvalue weighted by molar-refractivity contribution is -0.139. The van der Waals surface area contributed by atoms with Crippen molar-refractivity contribution in [3.63, 3.8) is 0 Å². The van der Waals surface area contributed by atoms with E-state index in [0.29, 0.717) is 13.0 Å². The van der Waals surface area contributed by atoms with Gasteiger partial charge < -0.3 is 26.6 Å². The van der Waals surface area contributed by atoms with Crippen molar-refractivity contribution in [1.29, 1.82) is 0 Å². The highest BCUT2D eigenvalue weighted by Crippen LogP contribution is 1.98. The number of guanidine groups is 1. The summed E-state index contributed by atoms with van der Waals surface area (Å²) in [6.07, 6.45) is -0.116. The van der Waals surface area contributed by atoms with Gasteiger partial charge in [-0.3, -0.25) is 4.99 Å². The molecule has 0 rings (SSSR count). The normalized spacial score (nSPS) is 11.3. The molecule has 0 aromatic rings. The molecular formula is C8H16N4O4. The summed E-state index contributed by atoms with van der Waals surface area (Å²) in [4.78, 5) is 25.2. The van der Waals surface area contributed by atoms with Gasteiger partial charge >= 0.3 is 12.1 Å². The SMILES string of the molecule is COC(=O)NC(CCCN=C(N)N)C(=O)O. The summed E-state index contributed by atoms with van der Waals surface area (Å²) in [6.45, 7) is 0.314. The molecule has 0 radical (unpaired) electrons. The number of methoxy groups -OCH3 is 1. The number of aliphatic carboxylic acids is 1. The van der Waals surface area contributed by atoms with Crippen molar-refractivity contribution < 1.29 is 19.4 Å². The van der Waals surface area contributed by atoms with Gasteiger partial charge in [-0.15, -0.1) is 0 Å². The van der Waals surface area contributed by atoms with Crippen molar-refractivity contribution in [3.8, 4) is 0 Å². The first-order valence-electron chi connectivity index (χ1n) is 4.60. The van der Waals surface area contributed by atoms with Crippen LogP contribution in [-0.2, 0) is 9.53 Å². The zero-order chi connectivity index (χ0) is 12.6. The van der Waals surface area contributed by atoms with Crippen LogP contribution in [0.25, 0.3) is 0 Å². The molecule has 0 saturated heterocycles. The predicted octanol–water partition coefficient (Wildman–Crippen LogP) is -1.15. The van der Waals surface area contributed by atoms with E-state index >= 15 is 0 Å². The van der Waals surface area contributed by atoms with Crippen LogP contribution in [0.1, 0.15) is 12.8 Å². The second-order valence-corrected chi connectivity index (χ2v) is 2.98. The molecule has 0 bridgehead atoms. The Hall–Kier alpha value is -1.99. The molecule has 8 nitrogen and oxygen atoms in total. The summed E-state index contributed by atoms with van der Waals surface area (Å²) in [7, 11) is 1.16. The lowest BCUT2D eigenvalue weighted by atomic mass is 10.1. The highest BCUT2D eigenvalue weighted by molar-refractivity contribution is 5.79. The van der Waals surface area contributed by atoms with E-state index in [4.69, 9.17) is 16.6 Å². The first-order valence-corrected chi connectivity index (χ1v) is 4.60. The first-order chi connectivity index (χ1) is 7.47. The maximum absolute atomic E-state index is 10.8. The number of aliphatic imine (C=N–C) groups is 1. The smallest absolute Gasteiger partial charge is 0.407 e. The van der Waals surface area contributed by atoms with Crippen molar-refractivity contribution in [2.24, 2.45) is 16.5 Å². The Morgan fingerprint density at radius 1 is 1.50 bits per heavy atom. The third-order valence-corrected chi connectivity index (χ3v) is 1.72. The maximum Gasteiger partial charge on any atom is 0.407 e. The van der Waals surface area contributed by atoms with E-state index in [1.807, 2.05) is 0 Å². The van der Waals surface area contributed by atoms with Gasteiger partial charge in [0.05, 0.1) is 7.11 Å². The fourth-order valence-corrected chi connectivity index (χ4v) is 0.962. The highest BCUT2D eigenvalue weighted by atomic mass is 16.5. The fourth-order valence-electron chi connectivity index (χ4n) is 0.962. The van der Waals surface area contributed by atoms with Gasteiger partial charge in [-0.25, -0.2) is 9.59 Å². The van der Waals surface area contributed by atoms with Gasteiger partial charge in [-0.05, 0) is 12.8 Å². The third-order valence-electron chi connectivity index (χ3n) is 1.72. The number of ether oxygens (including phenoxy) is 1. The van der Waals surface area contributed by atoms with E-state index < -0.39 is 18.1 Å². The van der Waals surface area contributed by atoms with Crippen molar-refractivity contribution in [2.75, 3.05) is 13.7 Å². The number of alkyl carbamates (subject to hydrolysis) is 1. The molecule has 0 aliphatic heterocycles. The van der Waals surface area contributed by atoms with Crippen LogP contribution in [-0.4, -0.2) is 42.8 Å². The van der Waals surface area contributed by atoms with E-state index in [1.54, 1.807) is 0 Å². The van der Waals surface area contributed by atoms with Crippen molar-refractivity contribution >= 4 is 18.0 Å². The molecule has 0 saturated carbocycles. The summed E-state index contributed by atoms with van der Waals surface area (Å²) in [5.74, 6) is -1.18. The molecule has 1 unspecified atom stereocenters. The van der Waals surface area contributed by atoms with Gasteiger partial charge in [0.1, 0.15) is 6.04 Å². The highest BCUT2D eigenvalue weighted by Gasteiger charge is 2.19. The average Bonchev–Trinajstić information content (AvgIpc) is 2.21. The third kappa shape index (κ3) is 6.46. The molecular weight excluding hydrogens is 216 g/mol. The summed E-state index contributed by atoms with van der Waals surface area (Å²) >= 11 is 0. The fraction of sp³-hybridized carbons (Fsp3) is 0.625. The van der Waals surface area contributed by atoms with Gasteiger partial charge in [-0.2, -0.15) is 0 Å². The number of nitrogens with two attached hydrogens (primary N) is 2. The molecule has 6 N–H and O–H groups in total. The average molecular weight is 232 g/mol. The molecule has 0 aliphatic carbocycles. The Labute approximate surface area is 92.6 Å². The number of carboxylic acid groups (broad SMARTS) is 1. The predicted molar refractivity (Wildman–Crippen MR) is 56.9 cm³/mol. The zero-order valence-electron chi connectivity index (χ0n) is 8.97. The van der Waals surface area contributed by atoms with Crippen LogP contribution in [0.4, 0.5) is 4.79 Å². The van der Waals surface area contributed by atoms with Crippen molar-refractivity contribution in [1.82, 2.24) is 5.32 Å². The number of nitrogens with zero attached hydrogens (tertiary/aromatic N) is 1. The van der Waals surface area contributed by atoms with Crippen LogP contribution in [0, 0.1) is 0 Å². The Morgan fingerprint density at radius 3 is 2.56 bits per heavy atom. The number of hydrogen-bond donors (Lipinski definition) is 4. The van der Waals surface area contributed by atoms with Gasteiger partial charge in [0.2, 0.25) is 0 Å². The molecule has 0 aromatic carbocycles. The van der Waals surface area contributed by atoms with Gasteiger partial charge in [0.25, 0.3) is 0 Å². The molecule has 1 amide bonds. The Kier molecular flexibility index (Phi) is 6.41. The molecule has 1 atom stereocenters. The second-order valence-electron chi connectivity index (χ2n) is 2.98. The molecule has 0 fully saturated rings. The summed E-state index contributed by atoms with van der Waals surface area (Å²) in [5.41, 5.74) is 10.2. The molecule has 0 heterocycles. The van der Waals surface area contributed by atoms with Crippen molar-refractivity contribution in [3.05, 3.63) is 0 Å². The number of nitrogens with one attached hydrogen (secondary N) is 1. The number of carbonyl (C=O) groups is 2. The number of hydrogen-bond acceptors (Lipinski definition) is 4. The second kappa shape index (κ2) is 7.32. The minimum absolute atomic E-state index is 0.0483. The van der Waals surface area contributed by atoms with Crippen LogP contribution in [0.15, 0.2) is 4.99 Å². The minimum Gasteiger partial charge on any atom is -0.480 e. The topological polar surface area (TPSA) is 140 Å². The molecule has 92 valence electrons. The summed E-state index contributed by atoms with van der Waals surface area (Å²) in [5, 5.41) is 11.0. The van der Waals surface area contributed by atoms with Crippen LogP contribution >= 0.6 is 0 Å². The van der Waals surface area contributed by atoms with E-state index in [0.717, 1.165) is 7.11 Å². The molecule has 0 aliphatic rings. The molecule has 8 heteroatoms. The van der Waals surface area contributed by atoms with Gasteiger partial charge in [0.15, 0.2) is 5.96 Å². The van der Waals surface area contributed by atoms with Crippen LogP contribution in [0.2, 0.25) is 0 Å². The Balaban J connectivity index is 4.00. The van der Waals surface area contributed by atoms with Gasteiger partial charge in [-0.1, -0.05) is 0 Å². The summed E-state index contributed by atoms with van der Waals surface area (Å²) < 4.78 is 4.29. The van der Waals surface area contributed by atoms with Crippen molar-refractivity contribution in [2.45, 2.75) is 18.9 Å². The quantitative estimate of drug-likeness (QED) is 0.259. The lowest BCUT2D eigenvalue weighted by Gasteiger charge is -2.12. The Morgan fingerprint density at radius 2 is 2.12 bits per heavy atom. The number of carbonyl (C=O) groups excluding carboxylic acids is 1. The van der Waals surface area contributed by atoms with E-state index in [1.165, 1.54) is 0 Å². The molecule has 0 spiro atoms. The largest absolute Gasteiger partial charge is 0.480 e. The first kappa shape index (κ1) is 14.0. The monoisotopic (exact) mass is 232 g/mol. The Bertz CT molecular complexity index is 275. The standard InChI is InChI=1S/C8H16N4O4/c1-16-8(15)12-5(6(13)14)3-2-4-11-7(9)10/h5H,2-4H2,1H3,(H,12,15)(H,13,14)(H4,9,10,11). The van der Waals surface area contributed by atoms with Crippen LogP contribution in [0.5, 0.6) is 0 Å². The summed E-state index contributed by atoms with van der Waals surface area (Å²) in [6, 6.07) is -0.998. The molecule has 0 aromatic heterocycles. The van der Waals surface area contributed by atoms with Crippen LogP contribution < -0.4 is 16.8 Å².